The van der Waals surface area contributed by atoms with Crippen LogP contribution in [-0.4, -0.2) is 30.0 Å². The fourth-order valence-corrected chi connectivity index (χ4v) is 7.91. The van der Waals surface area contributed by atoms with Crippen LogP contribution in [0.3, 0.4) is 0 Å². The maximum Gasteiger partial charge on any atom is 0.212 e. The van der Waals surface area contributed by atoms with E-state index in [0.29, 0.717) is 23.3 Å². The van der Waals surface area contributed by atoms with Crippen LogP contribution >= 0.6 is 0 Å². The maximum absolute atomic E-state index is 6.32. The highest BCUT2D eigenvalue weighted by molar-refractivity contribution is 5.84. The molecule has 4 nitrogen and oxygen atoms in total. The van der Waals surface area contributed by atoms with E-state index in [0.717, 1.165) is 43.2 Å². The molecule has 1 atom stereocenters. The Morgan fingerprint density at radius 3 is 2.18 bits per heavy atom. The summed E-state index contributed by atoms with van der Waals surface area (Å²) < 4.78 is 6.32. The summed E-state index contributed by atoms with van der Waals surface area (Å²) in [5.74, 6) is 4.90. The number of rotatable bonds is 7. The first-order chi connectivity index (χ1) is 16.4. The fourth-order valence-electron chi connectivity index (χ4n) is 7.91. The van der Waals surface area contributed by atoms with Gasteiger partial charge in [0.05, 0.1) is 11.7 Å². The van der Waals surface area contributed by atoms with Crippen molar-refractivity contribution in [3.05, 3.63) is 48.4 Å². The minimum Gasteiger partial charge on any atom is -0.478 e. The number of hydrogen-bond donors (Lipinski definition) is 0. The number of nitrogens with zero attached hydrogens (tertiary/aromatic N) is 3. The fraction of sp³-hybridized carbons (Fsp3) is 0.667. The van der Waals surface area contributed by atoms with Gasteiger partial charge in [-0.2, -0.15) is 0 Å². The lowest BCUT2D eigenvalue weighted by Crippen LogP contribution is -2.50. The summed E-state index contributed by atoms with van der Waals surface area (Å²) in [5, 5.41) is 0. The summed E-state index contributed by atoms with van der Waals surface area (Å²) in [5.41, 5.74) is 4.37. The summed E-state index contributed by atoms with van der Waals surface area (Å²) >= 11 is 0. The summed E-state index contributed by atoms with van der Waals surface area (Å²) in [7, 11) is 0. The third-order valence-electron chi connectivity index (χ3n) is 9.12. The Hall–Kier alpha value is -1.97. The van der Waals surface area contributed by atoms with Crippen LogP contribution in [0.5, 0.6) is 0 Å². The van der Waals surface area contributed by atoms with Gasteiger partial charge < -0.3 is 14.5 Å². The average Bonchev–Trinajstić information content (AvgIpc) is 3.46. The molecule has 1 aromatic rings. The second-order valence-electron chi connectivity index (χ2n) is 12.4. The topological polar surface area (TPSA) is 28.1 Å². The molecule has 0 spiro atoms. The van der Waals surface area contributed by atoms with E-state index in [1.165, 1.54) is 55.3 Å². The van der Waals surface area contributed by atoms with Crippen molar-refractivity contribution in [2.24, 2.45) is 28.2 Å². The van der Waals surface area contributed by atoms with Crippen molar-refractivity contribution in [2.45, 2.75) is 90.5 Å². The van der Waals surface area contributed by atoms with E-state index < -0.39 is 0 Å². The van der Waals surface area contributed by atoms with Crippen molar-refractivity contribution in [2.75, 3.05) is 18.1 Å². The van der Waals surface area contributed by atoms with E-state index in [4.69, 9.17) is 9.73 Å². The van der Waals surface area contributed by atoms with Crippen molar-refractivity contribution >= 4 is 11.6 Å². The van der Waals surface area contributed by atoms with Crippen molar-refractivity contribution < 1.29 is 4.74 Å². The van der Waals surface area contributed by atoms with Crippen molar-refractivity contribution in [1.82, 2.24) is 4.90 Å². The highest BCUT2D eigenvalue weighted by atomic mass is 16.5. The highest BCUT2D eigenvalue weighted by Gasteiger charge is 2.55. The quantitative estimate of drug-likeness (QED) is 0.443. The predicted molar refractivity (Wildman–Crippen MR) is 139 cm³/mol. The van der Waals surface area contributed by atoms with Gasteiger partial charge in [-0.15, -0.1) is 0 Å². The van der Waals surface area contributed by atoms with Crippen LogP contribution in [-0.2, 0) is 4.74 Å². The normalized spacial score (nSPS) is 34.0. The molecular formula is C30H41N3O. The van der Waals surface area contributed by atoms with Gasteiger partial charge in [0.2, 0.25) is 6.67 Å². The van der Waals surface area contributed by atoms with Gasteiger partial charge in [-0.25, -0.2) is 4.99 Å². The van der Waals surface area contributed by atoms with E-state index in [1.807, 2.05) is 0 Å². The largest absolute Gasteiger partial charge is 0.478 e. The molecule has 0 saturated heterocycles. The van der Waals surface area contributed by atoms with E-state index in [2.05, 4.69) is 74.8 Å². The lowest BCUT2D eigenvalue weighted by Gasteiger charge is -2.56. The molecule has 182 valence electrons. The lowest BCUT2D eigenvalue weighted by atomic mass is 9.49. The van der Waals surface area contributed by atoms with Gasteiger partial charge >= 0.3 is 0 Å². The van der Waals surface area contributed by atoms with Crippen molar-refractivity contribution in [3.8, 4) is 0 Å². The van der Waals surface area contributed by atoms with Gasteiger partial charge in [0.15, 0.2) is 5.90 Å². The number of aliphatic imine (C=N–C) groups is 1. The van der Waals surface area contributed by atoms with Crippen molar-refractivity contribution in [1.29, 1.82) is 0 Å². The molecule has 1 aromatic carbocycles. The first kappa shape index (κ1) is 22.5. The molecule has 2 radical (unpaired) electrons. The third kappa shape index (κ3) is 3.95. The van der Waals surface area contributed by atoms with Crippen LogP contribution in [0.1, 0.15) is 95.6 Å². The summed E-state index contributed by atoms with van der Waals surface area (Å²) in [4.78, 5) is 9.61. The Kier molecular flexibility index (Phi) is 5.69. The molecule has 4 bridgehead atoms. The van der Waals surface area contributed by atoms with Crippen LogP contribution < -0.4 is 4.90 Å². The van der Waals surface area contributed by atoms with E-state index in [1.54, 1.807) is 0 Å². The van der Waals surface area contributed by atoms with Crippen LogP contribution in [0.4, 0.5) is 5.69 Å². The number of anilines is 1. The molecule has 7 rings (SSSR count). The molecule has 0 N–H and O–H groups in total. The first-order valence-corrected chi connectivity index (χ1v) is 13.7. The third-order valence-corrected chi connectivity index (χ3v) is 9.12. The molecular weight excluding hydrogens is 418 g/mol. The van der Waals surface area contributed by atoms with Gasteiger partial charge in [0.25, 0.3) is 0 Å². The number of ether oxygens (including phenoxy) is 1. The van der Waals surface area contributed by atoms with Gasteiger partial charge in [-0.1, -0.05) is 45.9 Å². The zero-order chi connectivity index (χ0) is 23.4. The Morgan fingerprint density at radius 1 is 0.971 bits per heavy atom. The molecule has 4 heteroatoms. The van der Waals surface area contributed by atoms with Crippen LogP contribution in [0.2, 0.25) is 0 Å². The highest BCUT2D eigenvalue weighted by Crippen LogP contribution is 2.61. The van der Waals surface area contributed by atoms with Crippen molar-refractivity contribution in [3.63, 3.8) is 0 Å². The summed E-state index contributed by atoms with van der Waals surface area (Å²) in [6.07, 6.45) is 13.8. The Labute approximate surface area is 206 Å². The Bertz CT molecular complexity index is 916. The van der Waals surface area contributed by atoms with Gasteiger partial charge in [-0.05, 0) is 85.7 Å². The van der Waals surface area contributed by atoms with Crippen LogP contribution in [0.15, 0.2) is 35.6 Å². The van der Waals surface area contributed by atoms with E-state index in [9.17, 15) is 0 Å². The van der Waals surface area contributed by atoms with Crippen LogP contribution in [0.25, 0.3) is 0 Å². The molecule has 4 saturated carbocycles. The smallest absolute Gasteiger partial charge is 0.212 e. The lowest BCUT2D eigenvalue weighted by molar-refractivity contribution is -0.0226. The molecule has 4 fully saturated rings. The zero-order valence-corrected chi connectivity index (χ0v) is 21.5. The van der Waals surface area contributed by atoms with Gasteiger partial charge in [0, 0.05) is 24.4 Å². The molecule has 34 heavy (non-hydrogen) atoms. The molecule has 2 aliphatic heterocycles. The van der Waals surface area contributed by atoms with Gasteiger partial charge in [0.1, 0.15) is 6.61 Å². The molecule has 2 heterocycles. The van der Waals surface area contributed by atoms with E-state index >= 15 is 0 Å². The standard InChI is InChI=1S/C30H41N3O/c1-20(2)26-6-5-7-27(21(3)4)28(26)33-11-10-32(19-33)9-8-25-18-34-29(31-25)30-15-22-12-23(16-30)14-24(13-22)17-30/h5-7,10-11,20-25H,8-9,12-18H2,1-4H3/t22?,23?,24?,25-,30?/m1/s1. The molecule has 0 aromatic heterocycles. The minimum atomic E-state index is 0.292. The zero-order valence-electron chi connectivity index (χ0n) is 21.5. The molecule has 0 amide bonds. The predicted octanol–water partition coefficient (Wildman–Crippen LogP) is 6.93. The van der Waals surface area contributed by atoms with Crippen LogP contribution in [0, 0.1) is 29.8 Å². The number of hydrogen-bond acceptors (Lipinski definition) is 4. The SMILES string of the molecule is CC(C)c1cccc(C(C)C)c1N1[C]N(CC[C@@H]2COC(C34CC5CC(CC(C5)C3)C4)=N2)C=C1. The Morgan fingerprint density at radius 2 is 1.59 bits per heavy atom. The second kappa shape index (κ2) is 8.60. The first-order valence-electron chi connectivity index (χ1n) is 13.7. The van der Waals surface area contributed by atoms with Gasteiger partial charge in [-0.3, -0.25) is 0 Å². The Balaban J connectivity index is 1.09. The summed E-state index contributed by atoms with van der Waals surface area (Å²) in [6, 6.07) is 7.02. The second-order valence-corrected chi connectivity index (χ2v) is 12.4. The molecule has 6 aliphatic rings. The number of para-hydroxylation sites is 1. The molecule has 0 unspecified atom stereocenters. The minimum absolute atomic E-state index is 0.292. The maximum atomic E-state index is 6.32. The monoisotopic (exact) mass is 459 g/mol. The average molecular weight is 460 g/mol. The number of benzene rings is 1. The van der Waals surface area contributed by atoms with E-state index in [-0.39, 0.29) is 0 Å². The summed E-state index contributed by atoms with van der Waals surface area (Å²) in [6.45, 7) is 14.4. The molecule has 4 aliphatic carbocycles.